The van der Waals surface area contributed by atoms with Gasteiger partial charge in [0.05, 0.1) is 6.04 Å². The van der Waals surface area contributed by atoms with Gasteiger partial charge < -0.3 is 14.8 Å². The van der Waals surface area contributed by atoms with Crippen LogP contribution < -0.4 is 14.8 Å². The Kier molecular flexibility index (Phi) is 6.38. The lowest BCUT2D eigenvalue weighted by Crippen LogP contribution is -2.43. The number of hydrogen-bond donors (Lipinski definition) is 1. The molecule has 0 fully saturated rings. The fourth-order valence-electron chi connectivity index (χ4n) is 3.44. The van der Waals surface area contributed by atoms with Crippen molar-refractivity contribution >= 4 is 5.91 Å². The lowest BCUT2D eigenvalue weighted by molar-refractivity contribution is -0.128. The second-order valence-electron chi connectivity index (χ2n) is 7.35. The molecule has 0 aliphatic heterocycles. The van der Waals surface area contributed by atoms with E-state index >= 15 is 0 Å². The van der Waals surface area contributed by atoms with Crippen molar-refractivity contribution in [2.75, 3.05) is 6.61 Å². The predicted molar refractivity (Wildman–Crippen MR) is 107 cm³/mol. The zero-order valence-corrected chi connectivity index (χ0v) is 16.5. The van der Waals surface area contributed by atoms with Crippen LogP contribution in [-0.4, -0.2) is 24.7 Å². The molecule has 0 spiro atoms. The van der Waals surface area contributed by atoms with E-state index in [0.29, 0.717) is 6.61 Å². The molecule has 2 atom stereocenters. The summed E-state index contributed by atoms with van der Waals surface area (Å²) in [6.45, 7) is 6.17. The minimum Gasteiger partial charge on any atom is -0.491 e. The molecule has 3 rings (SSSR count). The van der Waals surface area contributed by atoms with Gasteiger partial charge in [-0.25, -0.2) is 0 Å². The summed E-state index contributed by atoms with van der Waals surface area (Å²) >= 11 is 0. The molecule has 27 heavy (non-hydrogen) atoms. The first-order chi connectivity index (χ1) is 13.0. The molecule has 144 valence electrons. The van der Waals surface area contributed by atoms with Crippen molar-refractivity contribution in [3.05, 3.63) is 59.2 Å². The van der Waals surface area contributed by atoms with E-state index in [4.69, 9.17) is 9.47 Å². The number of hydrogen-bond acceptors (Lipinski definition) is 3. The van der Waals surface area contributed by atoms with Gasteiger partial charge in [0.25, 0.3) is 5.91 Å². The van der Waals surface area contributed by atoms with Crippen LogP contribution in [0.3, 0.4) is 0 Å². The molecular formula is C23H29NO3. The van der Waals surface area contributed by atoms with Crippen molar-refractivity contribution in [3.63, 3.8) is 0 Å². The minimum atomic E-state index is -0.542. The summed E-state index contributed by atoms with van der Waals surface area (Å²) in [5.41, 5.74) is 3.70. The number of para-hydroxylation sites is 1. The molecule has 2 aromatic rings. The molecule has 1 aliphatic carbocycles. The Hall–Kier alpha value is -2.49. The fraction of sp³-hybridized carbons (Fsp3) is 0.435. The maximum atomic E-state index is 12.5. The Morgan fingerprint density at radius 2 is 1.78 bits per heavy atom. The number of rotatable bonds is 7. The van der Waals surface area contributed by atoms with Gasteiger partial charge in [-0.3, -0.25) is 4.79 Å². The summed E-state index contributed by atoms with van der Waals surface area (Å²) in [5.74, 6) is 1.57. The van der Waals surface area contributed by atoms with Gasteiger partial charge in [0.15, 0.2) is 6.10 Å². The van der Waals surface area contributed by atoms with Crippen LogP contribution in [0.4, 0.5) is 0 Å². The van der Waals surface area contributed by atoms with Crippen molar-refractivity contribution in [2.24, 2.45) is 0 Å². The monoisotopic (exact) mass is 367 g/mol. The predicted octanol–water partition coefficient (Wildman–Crippen LogP) is 4.22. The highest BCUT2D eigenvalue weighted by Gasteiger charge is 2.20. The van der Waals surface area contributed by atoms with Crippen molar-refractivity contribution in [3.8, 4) is 11.5 Å². The maximum absolute atomic E-state index is 12.5. The van der Waals surface area contributed by atoms with Crippen LogP contribution in [-0.2, 0) is 17.6 Å². The summed E-state index contributed by atoms with van der Waals surface area (Å²) in [6, 6.07) is 13.9. The summed E-state index contributed by atoms with van der Waals surface area (Å²) in [5, 5.41) is 2.98. The Labute approximate surface area is 161 Å². The average molecular weight is 367 g/mol. The molecule has 0 unspecified atom stereocenters. The molecule has 2 aromatic carbocycles. The highest BCUT2D eigenvalue weighted by atomic mass is 16.5. The molecule has 4 heteroatoms. The van der Waals surface area contributed by atoms with Gasteiger partial charge in [0.1, 0.15) is 18.1 Å². The number of benzene rings is 2. The lowest BCUT2D eigenvalue weighted by atomic mass is 9.91. The van der Waals surface area contributed by atoms with E-state index in [9.17, 15) is 4.79 Å². The second-order valence-corrected chi connectivity index (χ2v) is 7.35. The number of fused-ring (bicyclic) bond motifs is 1. The molecule has 0 aromatic heterocycles. The van der Waals surface area contributed by atoms with Gasteiger partial charge in [-0.2, -0.15) is 0 Å². The van der Waals surface area contributed by atoms with Crippen molar-refractivity contribution in [2.45, 2.75) is 58.6 Å². The maximum Gasteiger partial charge on any atom is 0.261 e. The number of nitrogens with one attached hydrogen (secondary N) is 1. The molecule has 0 saturated carbocycles. The van der Waals surface area contributed by atoms with E-state index in [1.807, 2.05) is 50.2 Å². The molecule has 1 amide bonds. The lowest BCUT2D eigenvalue weighted by Gasteiger charge is -2.23. The summed E-state index contributed by atoms with van der Waals surface area (Å²) in [7, 11) is 0. The number of amides is 1. The van der Waals surface area contributed by atoms with Gasteiger partial charge in [0, 0.05) is 0 Å². The molecule has 0 saturated heterocycles. The van der Waals surface area contributed by atoms with Crippen LogP contribution in [0, 0.1) is 6.92 Å². The first-order valence-corrected chi connectivity index (χ1v) is 9.81. The highest BCUT2D eigenvalue weighted by molar-refractivity contribution is 5.81. The topological polar surface area (TPSA) is 47.6 Å². The third-order valence-corrected chi connectivity index (χ3v) is 5.00. The van der Waals surface area contributed by atoms with Crippen LogP contribution in [0.15, 0.2) is 42.5 Å². The molecule has 0 heterocycles. The Bertz CT molecular complexity index is 787. The van der Waals surface area contributed by atoms with Crippen LogP contribution in [0.5, 0.6) is 11.5 Å². The van der Waals surface area contributed by atoms with Gasteiger partial charge in [-0.15, -0.1) is 0 Å². The van der Waals surface area contributed by atoms with Crippen molar-refractivity contribution < 1.29 is 14.3 Å². The van der Waals surface area contributed by atoms with E-state index in [1.54, 1.807) is 6.92 Å². The standard InChI is InChI=1S/C23H29NO3/c1-16-9-4-7-13-21(16)26-15-17(2)24-23(25)18(3)27-22-14-8-11-19-10-5-6-12-20(19)22/h4,7-9,11,13-14,17-18H,5-6,10,12,15H2,1-3H3,(H,24,25)/t17-,18-/m0/s1. The number of carbonyl (C=O) groups is 1. The first kappa shape index (κ1) is 19.3. The third-order valence-electron chi connectivity index (χ3n) is 5.00. The minimum absolute atomic E-state index is 0.104. The van der Waals surface area contributed by atoms with E-state index in [1.165, 1.54) is 24.0 Å². The summed E-state index contributed by atoms with van der Waals surface area (Å²) in [4.78, 5) is 12.5. The molecular weight excluding hydrogens is 338 g/mol. The SMILES string of the molecule is Cc1ccccc1OC[C@H](C)NC(=O)[C@H](C)Oc1cccc2c1CCCC2. The second kappa shape index (κ2) is 8.94. The van der Waals surface area contributed by atoms with E-state index in [-0.39, 0.29) is 11.9 Å². The van der Waals surface area contributed by atoms with E-state index in [0.717, 1.165) is 29.9 Å². The van der Waals surface area contributed by atoms with Crippen LogP contribution in [0.25, 0.3) is 0 Å². The number of aryl methyl sites for hydroxylation is 2. The van der Waals surface area contributed by atoms with E-state index in [2.05, 4.69) is 11.4 Å². The van der Waals surface area contributed by atoms with Crippen molar-refractivity contribution in [1.29, 1.82) is 0 Å². The van der Waals surface area contributed by atoms with Crippen molar-refractivity contribution in [1.82, 2.24) is 5.32 Å². The van der Waals surface area contributed by atoms with Crippen LogP contribution in [0.1, 0.15) is 43.4 Å². The fourth-order valence-corrected chi connectivity index (χ4v) is 3.44. The first-order valence-electron chi connectivity index (χ1n) is 9.81. The molecule has 1 aliphatic rings. The molecule has 0 radical (unpaired) electrons. The van der Waals surface area contributed by atoms with Gasteiger partial charge in [-0.1, -0.05) is 30.3 Å². The molecule has 0 bridgehead atoms. The van der Waals surface area contributed by atoms with Gasteiger partial charge in [0.2, 0.25) is 0 Å². The third kappa shape index (κ3) is 5.03. The smallest absolute Gasteiger partial charge is 0.261 e. The zero-order chi connectivity index (χ0) is 19.2. The summed E-state index contributed by atoms with van der Waals surface area (Å²) in [6.07, 6.45) is 3.99. The summed E-state index contributed by atoms with van der Waals surface area (Å²) < 4.78 is 11.8. The Morgan fingerprint density at radius 1 is 1.04 bits per heavy atom. The average Bonchev–Trinajstić information content (AvgIpc) is 2.67. The van der Waals surface area contributed by atoms with Gasteiger partial charge >= 0.3 is 0 Å². The van der Waals surface area contributed by atoms with Gasteiger partial charge in [-0.05, 0) is 75.3 Å². The Balaban J connectivity index is 1.52. The number of ether oxygens (including phenoxy) is 2. The zero-order valence-electron chi connectivity index (χ0n) is 16.5. The Morgan fingerprint density at radius 3 is 2.59 bits per heavy atom. The quantitative estimate of drug-likeness (QED) is 0.797. The highest BCUT2D eigenvalue weighted by Crippen LogP contribution is 2.30. The largest absolute Gasteiger partial charge is 0.491 e. The van der Waals surface area contributed by atoms with E-state index < -0.39 is 6.10 Å². The number of carbonyl (C=O) groups excluding carboxylic acids is 1. The molecule has 4 nitrogen and oxygen atoms in total. The normalized spacial score (nSPS) is 15.4. The van der Waals surface area contributed by atoms with Crippen LogP contribution in [0.2, 0.25) is 0 Å². The molecule has 1 N–H and O–H groups in total. The van der Waals surface area contributed by atoms with Crippen LogP contribution >= 0.6 is 0 Å².